The van der Waals surface area contributed by atoms with Crippen LogP contribution >= 0.6 is 0 Å². The molecule has 3 heterocycles. The van der Waals surface area contributed by atoms with Crippen LogP contribution in [-0.2, 0) is 25.3 Å². The number of carbonyl (C=O) groups excluding carboxylic acids is 2. The van der Waals surface area contributed by atoms with Crippen molar-refractivity contribution in [2.75, 3.05) is 6.54 Å². The Labute approximate surface area is 231 Å². The molecular weight excluding hydrogens is 495 g/mol. The monoisotopic (exact) mass is 536 g/mol. The molecule has 210 valence electrons. The molecule has 3 saturated carbocycles. The molecule has 2 aromatic rings. The van der Waals surface area contributed by atoms with Gasteiger partial charge in [0.15, 0.2) is 0 Å². The number of carbonyl (C=O) groups is 2. The standard InChI is InChI=1S/C30H41BN2O6/c1-29(2,3)37-28(35)33-12-8-9-20(33)16-26(34)32-25(13-18-17-36-23-11-7-6-10-21(18)23)31-38-24-15-19-14-22(27(24)39-31)30(19,4)5/h6-7,10-11,17,19-20,22,24-25,27H,8-9,12-16H2,1-5H3,(H,32,34). The van der Waals surface area contributed by atoms with Crippen LogP contribution in [0.25, 0.3) is 11.0 Å². The van der Waals surface area contributed by atoms with E-state index in [0.29, 0.717) is 24.8 Å². The predicted octanol–water partition coefficient (Wildman–Crippen LogP) is 5.13. The molecule has 2 aliphatic heterocycles. The molecular formula is C30H41BN2O6. The summed E-state index contributed by atoms with van der Waals surface area (Å²) < 4.78 is 24.5. The zero-order chi connectivity index (χ0) is 27.5. The van der Waals surface area contributed by atoms with Crippen molar-refractivity contribution in [3.05, 3.63) is 36.1 Å². The number of fused-ring (bicyclic) bond motifs is 1. The second-order valence-electron chi connectivity index (χ2n) is 13.5. The molecule has 8 nitrogen and oxygen atoms in total. The second-order valence-corrected chi connectivity index (χ2v) is 13.5. The van der Waals surface area contributed by atoms with Crippen LogP contribution in [0.4, 0.5) is 4.79 Å². The average Bonchev–Trinajstić information content (AvgIpc) is 3.60. The molecule has 0 radical (unpaired) electrons. The maximum atomic E-state index is 13.5. The number of amides is 2. The Morgan fingerprint density at radius 3 is 2.77 bits per heavy atom. The minimum absolute atomic E-state index is 0.0630. The van der Waals surface area contributed by atoms with Crippen molar-refractivity contribution in [1.82, 2.24) is 10.2 Å². The van der Waals surface area contributed by atoms with Gasteiger partial charge in [0.2, 0.25) is 5.91 Å². The number of rotatable bonds is 6. The molecule has 9 heteroatoms. The molecule has 5 fully saturated rings. The van der Waals surface area contributed by atoms with E-state index >= 15 is 0 Å². The molecule has 2 bridgehead atoms. The minimum Gasteiger partial charge on any atom is -0.464 e. The minimum atomic E-state index is -0.575. The lowest BCUT2D eigenvalue weighted by Gasteiger charge is -2.60. The van der Waals surface area contributed by atoms with E-state index in [1.54, 1.807) is 11.2 Å². The van der Waals surface area contributed by atoms with Gasteiger partial charge < -0.3 is 28.7 Å². The van der Waals surface area contributed by atoms with Crippen LogP contribution in [0.5, 0.6) is 0 Å². The van der Waals surface area contributed by atoms with Gasteiger partial charge in [-0.25, -0.2) is 4.79 Å². The quantitative estimate of drug-likeness (QED) is 0.515. The van der Waals surface area contributed by atoms with Crippen LogP contribution < -0.4 is 5.32 Å². The highest BCUT2D eigenvalue weighted by molar-refractivity contribution is 6.47. The molecule has 3 aliphatic carbocycles. The Hall–Kier alpha value is -2.52. The lowest BCUT2D eigenvalue weighted by atomic mass is 9.47. The van der Waals surface area contributed by atoms with E-state index in [0.717, 1.165) is 35.8 Å². The molecule has 39 heavy (non-hydrogen) atoms. The highest BCUT2D eigenvalue weighted by atomic mass is 16.7. The summed E-state index contributed by atoms with van der Waals surface area (Å²) in [5, 5.41) is 4.28. The number of nitrogens with zero attached hydrogens (tertiary/aromatic N) is 1. The number of benzene rings is 1. The Bertz CT molecular complexity index is 1240. The van der Waals surface area contributed by atoms with Crippen molar-refractivity contribution in [1.29, 1.82) is 0 Å². The van der Waals surface area contributed by atoms with E-state index in [9.17, 15) is 9.59 Å². The fourth-order valence-corrected chi connectivity index (χ4v) is 7.28. The maximum Gasteiger partial charge on any atom is 0.481 e. The van der Waals surface area contributed by atoms with Gasteiger partial charge in [0.25, 0.3) is 0 Å². The van der Waals surface area contributed by atoms with Crippen molar-refractivity contribution in [3.8, 4) is 0 Å². The molecule has 6 unspecified atom stereocenters. The van der Waals surface area contributed by atoms with Crippen LogP contribution in [0.1, 0.15) is 72.3 Å². The van der Waals surface area contributed by atoms with E-state index in [1.807, 2.05) is 45.0 Å². The van der Waals surface area contributed by atoms with Gasteiger partial charge >= 0.3 is 13.2 Å². The maximum absolute atomic E-state index is 13.5. The van der Waals surface area contributed by atoms with Gasteiger partial charge in [-0.3, -0.25) is 4.79 Å². The zero-order valence-electron chi connectivity index (χ0n) is 23.8. The summed E-state index contributed by atoms with van der Waals surface area (Å²) in [6.45, 7) is 10.9. The highest BCUT2D eigenvalue weighted by Crippen LogP contribution is 2.61. The smallest absolute Gasteiger partial charge is 0.464 e. The van der Waals surface area contributed by atoms with E-state index in [2.05, 4.69) is 19.2 Å². The van der Waals surface area contributed by atoms with Crippen molar-refractivity contribution < 1.29 is 28.1 Å². The third-order valence-electron chi connectivity index (χ3n) is 9.53. The van der Waals surface area contributed by atoms with Crippen molar-refractivity contribution in [3.63, 3.8) is 0 Å². The zero-order valence-corrected chi connectivity index (χ0v) is 23.8. The first kappa shape index (κ1) is 26.7. The highest BCUT2D eigenvalue weighted by Gasteiger charge is 2.62. The lowest BCUT2D eigenvalue weighted by Crippen LogP contribution is -2.59. The first-order valence-corrected chi connectivity index (χ1v) is 14.5. The largest absolute Gasteiger partial charge is 0.481 e. The number of para-hydroxylation sites is 1. The molecule has 6 atom stereocenters. The van der Waals surface area contributed by atoms with Gasteiger partial charge in [-0.2, -0.15) is 0 Å². The number of hydrogen-bond acceptors (Lipinski definition) is 6. The summed E-state index contributed by atoms with van der Waals surface area (Å²) in [5.74, 6) is 0.664. The van der Waals surface area contributed by atoms with Gasteiger partial charge in [-0.15, -0.1) is 0 Å². The van der Waals surface area contributed by atoms with E-state index in [1.165, 1.54) is 6.42 Å². The molecule has 2 amide bonds. The Kier molecular flexibility index (Phi) is 6.74. The average molecular weight is 536 g/mol. The normalized spacial score (nSPS) is 30.1. The van der Waals surface area contributed by atoms with Crippen molar-refractivity contribution >= 4 is 30.1 Å². The predicted molar refractivity (Wildman–Crippen MR) is 148 cm³/mol. The van der Waals surface area contributed by atoms with E-state index < -0.39 is 12.7 Å². The van der Waals surface area contributed by atoms with Gasteiger partial charge in [-0.1, -0.05) is 32.0 Å². The Morgan fingerprint density at radius 1 is 1.21 bits per heavy atom. The van der Waals surface area contributed by atoms with Crippen LogP contribution in [0.3, 0.4) is 0 Å². The SMILES string of the molecule is CC(C)(C)OC(=O)N1CCCC1CC(=O)NC(Cc1coc2ccccc12)B1OC2CC3CC(C2O1)C3(C)C. The Morgan fingerprint density at radius 2 is 2.00 bits per heavy atom. The van der Waals surface area contributed by atoms with E-state index in [-0.39, 0.29) is 48.0 Å². The van der Waals surface area contributed by atoms with Gasteiger partial charge in [0.05, 0.1) is 24.4 Å². The van der Waals surface area contributed by atoms with Crippen molar-refractivity contribution in [2.45, 2.75) is 103 Å². The summed E-state index contributed by atoms with van der Waals surface area (Å²) in [4.78, 5) is 28.0. The number of ether oxygens (including phenoxy) is 1. The molecule has 1 aromatic heterocycles. The summed E-state index contributed by atoms with van der Waals surface area (Å²) >= 11 is 0. The van der Waals surface area contributed by atoms with Crippen LogP contribution in [0.2, 0.25) is 0 Å². The van der Waals surface area contributed by atoms with Crippen LogP contribution in [0, 0.1) is 17.3 Å². The molecule has 1 N–H and O–H groups in total. The summed E-state index contributed by atoms with van der Waals surface area (Å²) in [6, 6.07) is 7.75. The molecule has 0 spiro atoms. The van der Waals surface area contributed by atoms with Crippen molar-refractivity contribution in [2.24, 2.45) is 17.3 Å². The van der Waals surface area contributed by atoms with Gasteiger partial charge in [0.1, 0.15) is 11.2 Å². The summed E-state index contributed by atoms with van der Waals surface area (Å²) in [7, 11) is -0.529. The Balaban J connectivity index is 1.18. The fourth-order valence-electron chi connectivity index (χ4n) is 7.28. The third kappa shape index (κ3) is 5.08. The fraction of sp³-hybridized carbons (Fsp3) is 0.667. The first-order valence-electron chi connectivity index (χ1n) is 14.5. The second kappa shape index (κ2) is 9.84. The topological polar surface area (TPSA) is 90.2 Å². The number of hydrogen-bond donors (Lipinski definition) is 1. The molecule has 7 rings (SSSR count). The third-order valence-corrected chi connectivity index (χ3v) is 9.53. The molecule has 2 saturated heterocycles. The van der Waals surface area contributed by atoms with Crippen LogP contribution in [-0.4, -0.2) is 60.4 Å². The summed E-state index contributed by atoms with van der Waals surface area (Å²) in [6.07, 6.45) is 6.14. The van der Waals surface area contributed by atoms with Gasteiger partial charge in [0, 0.05) is 24.4 Å². The van der Waals surface area contributed by atoms with E-state index in [4.69, 9.17) is 18.5 Å². The molecule has 5 aliphatic rings. The molecule has 1 aromatic carbocycles. The first-order chi connectivity index (χ1) is 18.5. The van der Waals surface area contributed by atoms with Crippen LogP contribution in [0.15, 0.2) is 34.9 Å². The number of likely N-dealkylation sites (tertiary alicyclic amines) is 1. The number of nitrogens with one attached hydrogen (secondary N) is 1. The lowest BCUT2D eigenvalue weighted by molar-refractivity contribution is -0.150. The number of furan rings is 1. The van der Waals surface area contributed by atoms with Gasteiger partial charge in [-0.05, 0) is 81.8 Å². The summed E-state index contributed by atoms with van der Waals surface area (Å²) in [5.41, 5.74) is 1.53.